The van der Waals surface area contributed by atoms with Crippen LogP contribution in [0, 0.1) is 11.8 Å². The zero-order valence-electron chi connectivity index (χ0n) is 12.9. The molecule has 2 aliphatic heterocycles. The molecule has 8 nitrogen and oxygen atoms in total. The number of amides is 2. The number of carboxylic acid groups (broad SMARTS) is 2. The normalized spacial score (nSPS) is 23.5. The van der Waals surface area contributed by atoms with Crippen LogP contribution >= 0.6 is 0 Å². The summed E-state index contributed by atoms with van der Waals surface area (Å²) >= 11 is 0. The maximum atomic E-state index is 11.8. The number of carboxylic acids is 2. The lowest BCUT2D eigenvalue weighted by Crippen LogP contribution is -2.54. The highest BCUT2D eigenvalue weighted by atomic mass is 16.4. The molecule has 0 aliphatic carbocycles. The second-order valence-corrected chi connectivity index (χ2v) is 5.72. The van der Waals surface area contributed by atoms with Gasteiger partial charge in [-0.1, -0.05) is 0 Å². The molecule has 2 rings (SSSR count). The second-order valence-electron chi connectivity index (χ2n) is 5.72. The number of nitrogens with zero attached hydrogens (tertiary/aromatic N) is 2. The van der Waals surface area contributed by atoms with Gasteiger partial charge in [-0.25, -0.2) is 14.4 Å². The van der Waals surface area contributed by atoms with Crippen molar-refractivity contribution in [3.63, 3.8) is 0 Å². The van der Waals surface area contributed by atoms with E-state index in [2.05, 4.69) is 5.32 Å². The molecule has 0 saturated carbocycles. The molecule has 0 radical (unpaired) electrons. The monoisotopic (exact) mass is 313 g/mol. The summed E-state index contributed by atoms with van der Waals surface area (Å²) in [5.74, 6) is -1.17. The topological polar surface area (TPSA) is 110 Å². The molecule has 0 aromatic heterocycles. The first-order valence-corrected chi connectivity index (χ1v) is 7.10. The van der Waals surface area contributed by atoms with Crippen LogP contribution in [0.3, 0.4) is 0 Å². The lowest BCUT2D eigenvalue weighted by Gasteiger charge is -2.42. The number of fused-ring (bicyclic) bond motifs is 2. The van der Waals surface area contributed by atoms with Crippen LogP contribution in [-0.2, 0) is 9.59 Å². The maximum Gasteiger partial charge on any atom is 0.328 e. The van der Waals surface area contributed by atoms with Gasteiger partial charge >= 0.3 is 18.0 Å². The number of nitrogens with one attached hydrogen (secondary N) is 1. The molecule has 8 heteroatoms. The van der Waals surface area contributed by atoms with Crippen LogP contribution in [0.25, 0.3) is 0 Å². The fourth-order valence-corrected chi connectivity index (χ4v) is 2.69. The van der Waals surface area contributed by atoms with Gasteiger partial charge in [0.1, 0.15) is 0 Å². The molecule has 2 bridgehead atoms. The van der Waals surface area contributed by atoms with E-state index in [4.69, 9.17) is 10.2 Å². The van der Waals surface area contributed by atoms with Crippen molar-refractivity contribution in [2.24, 2.45) is 11.8 Å². The Bertz CT molecular complexity index is 422. The van der Waals surface area contributed by atoms with Gasteiger partial charge in [-0.2, -0.15) is 0 Å². The van der Waals surface area contributed by atoms with Gasteiger partial charge in [-0.3, -0.25) is 0 Å². The highest BCUT2D eigenvalue weighted by Gasteiger charge is 2.32. The van der Waals surface area contributed by atoms with Crippen molar-refractivity contribution in [1.29, 1.82) is 0 Å². The SMILES string of the molecule is CN(C)C(=O)N1C[C@@H]2CNC[C@@H](C2)C1.O=C(O)/C=C/C(=O)O. The number of carbonyl (C=O) groups excluding carboxylic acids is 1. The molecule has 0 spiro atoms. The Morgan fingerprint density at radius 1 is 1.05 bits per heavy atom. The van der Waals surface area contributed by atoms with Gasteiger partial charge in [-0.15, -0.1) is 0 Å². The Kier molecular flexibility index (Phi) is 6.84. The standard InChI is InChI=1S/C10H19N3O.C4H4O4/c1-12(2)10(14)13-6-8-3-9(7-13)5-11-4-8;5-3(6)1-2-4(7)8/h8-9,11H,3-7H2,1-2H3;1-2H,(H,5,6)(H,7,8)/b;2-1+/t8-,9+;. The van der Waals surface area contributed by atoms with Crippen molar-refractivity contribution in [2.45, 2.75) is 6.42 Å². The average molecular weight is 313 g/mol. The smallest absolute Gasteiger partial charge is 0.328 e. The van der Waals surface area contributed by atoms with Crippen molar-refractivity contribution in [3.8, 4) is 0 Å². The summed E-state index contributed by atoms with van der Waals surface area (Å²) in [7, 11) is 3.65. The lowest BCUT2D eigenvalue weighted by atomic mass is 9.86. The third kappa shape index (κ3) is 6.13. The average Bonchev–Trinajstić information content (AvgIpc) is 2.44. The minimum absolute atomic E-state index is 0.168. The van der Waals surface area contributed by atoms with Gasteiger partial charge in [0, 0.05) is 39.3 Å². The highest BCUT2D eigenvalue weighted by Crippen LogP contribution is 2.24. The summed E-state index contributed by atoms with van der Waals surface area (Å²) in [6.07, 6.45) is 2.41. The molecule has 2 fully saturated rings. The van der Waals surface area contributed by atoms with Crippen LogP contribution in [0.2, 0.25) is 0 Å². The molecular weight excluding hydrogens is 290 g/mol. The van der Waals surface area contributed by atoms with E-state index in [9.17, 15) is 14.4 Å². The molecular formula is C14H23N3O5. The van der Waals surface area contributed by atoms with E-state index in [1.807, 2.05) is 19.0 Å². The third-order valence-electron chi connectivity index (χ3n) is 3.51. The first-order valence-electron chi connectivity index (χ1n) is 7.10. The number of aliphatic carboxylic acids is 2. The predicted octanol–water partition coefficient (Wildman–Crippen LogP) is -0.0789. The van der Waals surface area contributed by atoms with E-state index in [-0.39, 0.29) is 6.03 Å². The summed E-state index contributed by atoms with van der Waals surface area (Å²) in [5.41, 5.74) is 0. The van der Waals surface area contributed by atoms with Gasteiger partial charge < -0.3 is 25.3 Å². The first kappa shape index (κ1) is 18.0. The Balaban J connectivity index is 0.000000261. The van der Waals surface area contributed by atoms with Crippen molar-refractivity contribution < 1.29 is 24.6 Å². The molecule has 0 aromatic rings. The fraction of sp³-hybridized carbons (Fsp3) is 0.643. The Hall–Kier alpha value is -2.09. The zero-order valence-corrected chi connectivity index (χ0v) is 12.9. The molecule has 3 N–H and O–H groups in total. The number of rotatable bonds is 2. The molecule has 2 atom stereocenters. The van der Waals surface area contributed by atoms with Crippen LogP contribution in [0.4, 0.5) is 4.79 Å². The van der Waals surface area contributed by atoms with E-state index >= 15 is 0 Å². The number of piperidine rings is 2. The van der Waals surface area contributed by atoms with Crippen LogP contribution in [-0.4, -0.2) is 78.3 Å². The van der Waals surface area contributed by atoms with E-state index in [1.54, 1.807) is 4.90 Å². The van der Waals surface area contributed by atoms with E-state index in [1.165, 1.54) is 6.42 Å². The summed E-state index contributed by atoms with van der Waals surface area (Å²) < 4.78 is 0. The molecule has 2 amide bonds. The van der Waals surface area contributed by atoms with Crippen molar-refractivity contribution in [2.75, 3.05) is 40.3 Å². The Morgan fingerprint density at radius 2 is 1.50 bits per heavy atom. The molecule has 0 unspecified atom stereocenters. The molecule has 2 saturated heterocycles. The maximum absolute atomic E-state index is 11.8. The number of carbonyl (C=O) groups is 3. The van der Waals surface area contributed by atoms with Crippen molar-refractivity contribution >= 4 is 18.0 Å². The second kappa shape index (κ2) is 8.38. The van der Waals surface area contributed by atoms with E-state index < -0.39 is 11.9 Å². The number of hydrogen-bond acceptors (Lipinski definition) is 4. The molecule has 2 aliphatic rings. The largest absolute Gasteiger partial charge is 0.478 e. The van der Waals surface area contributed by atoms with E-state index in [0.29, 0.717) is 24.0 Å². The van der Waals surface area contributed by atoms with Gasteiger partial charge in [-0.05, 0) is 31.3 Å². The molecule has 124 valence electrons. The quantitative estimate of drug-likeness (QED) is 0.615. The molecule has 22 heavy (non-hydrogen) atoms. The number of urea groups is 1. The van der Waals surface area contributed by atoms with E-state index in [0.717, 1.165) is 26.2 Å². The highest BCUT2D eigenvalue weighted by molar-refractivity contribution is 5.89. The van der Waals surface area contributed by atoms with Crippen LogP contribution in [0.5, 0.6) is 0 Å². The van der Waals surface area contributed by atoms with Gasteiger partial charge in [0.2, 0.25) is 0 Å². The summed E-state index contributed by atoms with van der Waals surface area (Å²) in [4.78, 5) is 34.5. The van der Waals surface area contributed by atoms with Crippen LogP contribution in [0.1, 0.15) is 6.42 Å². The Labute approximate surface area is 129 Å². The van der Waals surface area contributed by atoms with Crippen molar-refractivity contribution in [3.05, 3.63) is 12.2 Å². The minimum atomic E-state index is -1.26. The molecule has 2 heterocycles. The predicted molar refractivity (Wildman–Crippen MR) is 79.5 cm³/mol. The summed E-state index contributed by atoms with van der Waals surface area (Å²) in [5, 5.41) is 19.0. The van der Waals surface area contributed by atoms with Crippen LogP contribution in [0.15, 0.2) is 12.2 Å². The third-order valence-corrected chi connectivity index (χ3v) is 3.51. The summed E-state index contributed by atoms with van der Waals surface area (Å²) in [6.45, 7) is 4.02. The zero-order chi connectivity index (χ0) is 16.7. The molecule has 0 aromatic carbocycles. The van der Waals surface area contributed by atoms with Crippen molar-refractivity contribution in [1.82, 2.24) is 15.1 Å². The van der Waals surface area contributed by atoms with Gasteiger partial charge in [0.15, 0.2) is 0 Å². The van der Waals surface area contributed by atoms with Gasteiger partial charge in [0.25, 0.3) is 0 Å². The lowest BCUT2D eigenvalue weighted by molar-refractivity contribution is -0.134. The first-order chi connectivity index (χ1) is 10.3. The Morgan fingerprint density at radius 3 is 1.86 bits per heavy atom. The minimum Gasteiger partial charge on any atom is -0.478 e. The van der Waals surface area contributed by atoms with Gasteiger partial charge in [0.05, 0.1) is 0 Å². The van der Waals surface area contributed by atoms with Crippen LogP contribution < -0.4 is 5.32 Å². The number of likely N-dealkylation sites (tertiary alicyclic amines) is 1. The summed E-state index contributed by atoms with van der Waals surface area (Å²) in [6, 6.07) is 0.168. The number of hydrogen-bond donors (Lipinski definition) is 3. The fourth-order valence-electron chi connectivity index (χ4n) is 2.69.